The van der Waals surface area contributed by atoms with E-state index in [9.17, 15) is 9.59 Å². The van der Waals surface area contributed by atoms with E-state index in [0.29, 0.717) is 25.2 Å². The minimum atomic E-state index is -0.272. The highest BCUT2D eigenvalue weighted by Crippen LogP contribution is 2.54. The van der Waals surface area contributed by atoms with Crippen molar-refractivity contribution in [2.75, 3.05) is 31.6 Å². The molecule has 4 rings (SSSR count). The van der Waals surface area contributed by atoms with E-state index in [0.717, 1.165) is 25.1 Å². The molecule has 3 fully saturated rings. The summed E-state index contributed by atoms with van der Waals surface area (Å²) in [5.74, 6) is 1.30. The van der Waals surface area contributed by atoms with Crippen molar-refractivity contribution in [3.05, 3.63) is 11.4 Å². The van der Waals surface area contributed by atoms with Gasteiger partial charge in [-0.05, 0) is 31.2 Å². The number of thioether (sulfide) groups is 1. The van der Waals surface area contributed by atoms with E-state index < -0.39 is 0 Å². The molecule has 1 aromatic heterocycles. The Labute approximate surface area is 156 Å². The van der Waals surface area contributed by atoms with Crippen LogP contribution in [0.5, 0.6) is 0 Å². The van der Waals surface area contributed by atoms with Crippen LogP contribution >= 0.6 is 11.8 Å². The topological polar surface area (TPSA) is 97.6 Å². The zero-order chi connectivity index (χ0) is 18.3. The summed E-state index contributed by atoms with van der Waals surface area (Å²) in [5, 5.41) is 10.2. The Bertz CT molecular complexity index is 711. The number of likely N-dealkylation sites (tertiary alicyclic amines) is 1. The van der Waals surface area contributed by atoms with Crippen molar-refractivity contribution >= 4 is 23.6 Å². The number of nitrogens with zero attached hydrogens (tertiary/aromatic N) is 3. The van der Waals surface area contributed by atoms with Gasteiger partial charge in [0.05, 0.1) is 18.2 Å². The van der Waals surface area contributed by atoms with E-state index in [4.69, 9.17) is 4.74 Å². The monoisotopic (exact) mass is 380 g/mol. The molecular weight excluding hydrogens is 356 g/mol. The molecule has 1 N–H and O–H groups in total. The summed E-state index contributed by atoms with van der Waals surface area (Å²) in [6.07, 6.45) is 4.76. The summed E-state index contributed by atoms with van der Waals surface area (Å²) in [6, 6.07) is 0. The highest BCUT2D eigenvalue weighted by molar-refractivity contribution is 7.98. The lowest BCUT2D eigenvalue weighted by atomic mass is 9.73. The van der Waals surface area contributed by atoms with Crippen molar-refractivity contribution in [3.8, 4) is 0 Å². The van der Waals surface area contributed by atoms with Crippen molar-refractivity contribution < 1.29 is 19.0 Å². The van der Waals surface area contributed by atoms with Crippen molar-refractivity contribution in [2.45, 2.75) is 37.9 Å². The smallest absolute Gasteiger partial charge is 0.275 e. The minimum absolute atomic E-state index is 0.167. The minimum Gasteiger partial charge on any atom is -0.369 e. The number of fused-ring (bicyclic) bond motifs is 1. The highest BCUT2D eigenvalue weighted by Gasteiger charge is 2.63. The second-order valence-corrected chi connectivity index (χ2v) is 8.44. The van der Waals surface area contributed by atoms with Crippen LogP contribution in [0.15, 0.2) is 4.63 Å². The molecule has 26 heavy (non-hydrogen) atoms. The van der Waals surface area contributed by atoms with Gasteiger partial charge in [0.2, 0.25) is 5.91 Å². The van der Waals surface area contributed by atoms with Crippen molar-refractivity contribution in [1.29, 1.82) is 0 Å². The van der Waals surface area contributed by atoms with E-state index in [1.165, 1.54) is 0 Å². The first-order valence-corrected chi connectivity index (χ1v) is 10.5. The molecule has 0 radical (unpaired) electrons. The number of hydrogen-bond donors (Lipinski definition) is 1. The van der Waals surface area contributed by atoms with Gasteiger partial charge in [0.1, 0.15) is 5.69 Å². The molecule has 0 saturated carbocycles. The largest absolute Gasteiger partial charge is 0.369 e. The molecule has 2 amide bonds. The average Bonchev–Trinajstić information content (AvgIpc) is 3.37. The van der Waals surface area contributed by atoms with Gasteiger partial charge in [0.25, 0.3) is 5.91 Å². The first-order chi connectivity index (χ1) is 12.5. The summed E-state index contributed by atoms with van der Waals surface area (Å²) < 4.78 is 10.9. The summed E-state index contributed by atoms with van der Waals surface area (Å²) in [6.45, 7) is 3.64. The predicted octanol–water partition coefficient (Wildman–Crippen LogP) is 0.867. The number of ether oxygens (including phenoxy) is 1. The number of hydrogen-bond acceptors (Lipinski definition) is 7. The van der Waals surface area contributed by atoms with E-state index in [-0.39, 0.29) is 41.0 Å². The van der Waals surface area contributed by atoms with Crippen LogP contribution in [0.25, 0.3) is 0 Å². The molecule has 0 aromatic carbocycles. The molecule has 4 atom stereocenters. The number of carbonyl (C=O) groups is 2. The summed E-state index contributed by atoms with van der Waals surface area (Å²) in [4.78, 5) is 26.7. The fourth-order valence-electron chi connectivity index (χ4n) is 4.73. The molecular formula is C17H24N4O4S. The lowest BCUT2D eigenvalue weighted by Gasteiger charge is -2.29. The van der Waals surface area contributed by atoms with Crippen LogP contribution in [-0.2, 0) is 9.53 Å². The first kappa shape index (κ1) is 17.8. The molecule has 142 valence electrons. The first-order valence-electron chi connectivity index (χ1n) is 9.06. The molecule has 1 spiro atoms. The van der Waals surface area contributed by atoms with Crippen LogP contribution in [0.1, 0.15) is 35.4 Å². The number of carbonyl (C=O) groups excluding carboxylic acids is 2. The normalized spacial score (nSPS) is 32.1. The Balaban J connectivity index is 1.40. The number of nitrogens with one attached hydrogen (secondary N) is 1. The quantitative estimate of drug-likeness (QED) is 0.782. The Morgan fingerprint density at radius 3 is 3.00 bits per heavy atom. The average molecular weight is 380 g/mol. The third-order valence-electron chi connectivity index (χ3n) is 6.02. The fraction of sp³-hybridized carbons (Fsp3) is 0.765. The Kier molecular flexibility index (Phi) is 4.68. The molecule has 0 unspecified atom stereocenters. The van der Waals surface area contributed by atoms with Crippen molar-refractivity contribution in [1.82, 2.24) is 20.5 Å². The van der Waals surface area contributed by atoms with Crippen LogP contribution in [0.2, 0.25) is 0 Å². The van der Waals surface area contributed by atoms with Gasteiger partial charge in [-0.2, -0.15) is 11.8 Å². The molecule has 3 aliphatic rings. The predicted molar refractivity (Wildman–Crippen MR) is 94.8 cm³/mol. The summed E-state index contributed by atoms with van der Waals surface area (Å²) >= 11 is 1.69. The zero-order valence-corrected chi connectivity index (χ0v) is 15.9. The van der Waals surface area contributed by atoms with Crippen LogP contribution < -0.4 is 5.32 Å². The molecule has 8 nitrogen and oxygen atoms in total. The van der Waals surface area contributed by atoms with Crippen LogP contribution in [0.3, 0.4) is 0 Å². The third-order valence-corrected chi connectivity index (χ3v) is 6.63. The molecule has 2 bridgehead atoms. The van der Waals surface area contributed by atoms with Crippen LogP contribution in [-0.4, -0.2) is 70.4 Å². The van der Waals surface area contributed by atoms with Gasteiger partial charge in [-0.1, -0.05) is 5.16 Å². The van der Waals surface area contributed by atoms with Gasteiger partial charge >= 0.3 is 0 Å². The Hall–Kier alpha value is -1.61. The van der Waals surface area contributed by atoms with Gasteiger partial charge in [-0.15, -0.1) is 0 Å². The lowest BCUT2D eigenvalue weighted by Crippen LogP contribution is -2.42. The Morgan fingerprint density at radius 1 is 1.42 bits per heavy atom. The highest BCUT2D eigenvalue weighted by atomic mass is 32.2. The maximum absolute atomic E-state index is 12.4. The van der Waals surface area contributed by atoms with Gasteiger partial charge in [0, 0.05) is 37.1 Å². The Morgan fingerprint density at radius 2 is 2.27 bits per heavy atom. The molecule has 3 aliphatic heterocycles. The molecule has 1 aromatic rings. The van der Waals surface area contributed by atoms with Crippen molar-refractivity contribution in [2.24, 2.45) is 11.8 Å². The van der Waals surface area contributed by atoms with Crippen LogP contribution in [0.4, 0.5) is 0 Å². The van der Waals surface area contributed by atoms with E-state index in [2.05, 4.69) is 20.3 Å². The molecule has 9 heteroatoms. The van der Waals surface area contributed by atoms with Gasteiger partial charge in [0.15, 0.2) is 5.69 Å². The maximum atomic E-state index is 12.4. The van der Waals surface area contributed by atoms with E-state index in [1.807, 2.05) is 11.2 Å². The number of amides is 2. The van der Waals surface area contributed by atoms with E-state index >= 15 is 0 Å². The standard InChI is InChI=1S/C17H24N4O4S/c1-10-15(20-25-19-10)16(23)18-7-11-12-8-21(14(22)4-6-26-2)9-17(12)5-3-13(11)24-17/h11-13H,3-9H2,1-2H3,(H,18,23)/t11-,12+,13+,17+/m0/s1. The summed E-state index contributed by atoms with van der Waals surface area (Å²) in [5.41, 5.74) is 0.499. The maximum Gasteiger partial charge on any atom is 0.275 e. The zero-order valence-electron chi connectivity index (χ0n) is 15.1. The number of aromatic nitrogens is 2. The van der Waals surface area contributed by atoms with Gasteiger partial charge in [-0.25, -0.2) is 4.63 Å². The SMILES string of the molecule is CSCCC(=O)N1C[C@@H]2[C@H](CNC(=O)c3nonc3C)[C@H]3CC[C@]2(C1)O3. The molecule has 4 heterocycles. The second kappa shape index (κ2) is 6.84. The number of rotatable bonds is 6. The van der Waals surface area contributed by atoms with Gasteiger partial charge in [-0.3, -0.25) is 9.59 Å². The summed E-state index contributed by atoms with van der Waals surface area (Å²) in [7, 11) is 0. The van der Waals surface area contributed by atoms with Gasteiger partial charge < -0.3 is 15.0 Å². The van der Waals surface area contributed by atoms with Crippen molar-refractivity contribution in [3.63, 3.8) is 0 Å². The third kappa shape index (κ3) is 2.90. The lowest BCUT2D eigenvalue weighted by molar-refractivity contribution is -0.131. The molecule has 0 aliphatic carbocycles. The number of aryl methyl sites for hydroxylation is 1. The molecule has 3 saturated heterocycles. The van der Waals surface area contributed by atoms with Crippen LogP contribution in [0, 0.1) is 18.8 Å². The van der Waals surface area contributed by atoms with E-state index in [1.54, 1.807) is 18.7 Å². The fourth-order valence-corrected chi connectivity index (χ4v) is 5.11. The second-order valence-electron chi connectivity index (χ2n) is 7.46.